The van der Waals surface area contributed by atoms with Gasteiger partial charge in [0.15, 0.2) is 6.61 Å². The van der Waals surface area contributed by atoms with Crippen LogP contribution < -0.4 is 10.1 Å². The summed E-state index contributed by atoms with van der Waals surface area (Å²) >= 11 is 5.95. The fraction of sp³-hybridized carbons (Fsp3) is 0.500. The molecule has 0 aliphatic rings. The summed E-state index contributed by atoms with van der Waals surface area (Å²) in [6.07, 6.45) is -0.550. The molecule has 0 bridgehead atoms. The molecule has 0 spiro atoms. The van der Waals surface area contributed by atoms with Crippen molar-refractivity contribution in [2.24, 2.45) is 5.92 Å². The van der Waals surface area contributed by atoms with Crippen molar-refractivity contribution in [3.05, 3.63) is 28.8 Å². The van der Waals surface area contributed by atoms with Crippen molar-refractivity contribution < 1.29 is 14.6 Å². The van der Waals surface area contributed by atoms with Crippen molar-refractivity contribution in [3.8, 4) is 5.75 Å². The number of carbonyl (C=O) groups excluding carboxylic acids is 1. The van der Waals surface area contributed by atoms with E-state index in [1.807, 2.05) is 26.8 Å². The number of benzene rings is 1. The molecule has 0 heterocycles. The van der Waals surface area contributed by atoms with Crippen LogP contribution >= 0.6 is 11.6 Å². The second kappa shape index (κ2) is 7.36. The van der Waals surface area contributed by atoms with Gasteiger partial charge in [0.2, 0.25) is 0 Å². The highest BCUT2D eigenvalue weighted by Gasteiger charge is 2.11. The van der Waals surface area contributed by atoms with Crippen molar-refractivity contribution in [2.75, 3.05) is 13.2 Å². The maximum atomic E-state index is 11.5. The lowest BCUT2D eigenvalue weighted by molar-refractivity contribution is -0.123. The fourth-order valence-corrected chi connectivity index (χ4v) is 1.54. The van der Waals surface area contributed by atoms with E-state index in [4.69, 9.17) is 16.3 Å². The zero-order chi connectivity index (χ0) is 14.4. The number of hydrogen-bond donors (Lipinski definition) is 2. The van der Waals surface area contributed by atoms with Gasteiger partial charge in [-0.2, -0.15) is 0 Å². The number of nitrogens with one attached hydrogen (secondary N) is 1. The van der Waals surface area contributed by atoms with Gasteiger partial charge in [-0.25, -0.2) is 0 Å². The summed E-state index contributed by atoms with van der Waals surface area (Å²) in [5.41, 5.74) is 1.01. The molecule has 0 fully saturated rings. The molecule has 1 amide bonds. The molecule has 1 aromatic carbocycles. The first-order valence-corrected chi connectivity index (χ1v) is 6.61. The van der Waals surface area contributed by atoms with E-state index < -0.39 is 6.10 Å². The Kier molecular flexibility index (Phi) is 6.12. The third-order valence-electron chi connectivity index (χ3n) is 2.72. The van der Waals surface area contributed by atoms with Crippen LogP contribution in [0.4, 0.5) is 0 Å². The van der Waals surface area contributed by atoms with E-state index in [1.165, 1.54) is 0 Å². The number of aliphatic hydroxyl groups is 1. The Bertz CT molecular complexity index is 435. The average molecular weight is 286 g/mol. The first-order chi connectivity index (χ1) is 8.90. The molecule has 0 saturated heterocycles. The molecule has 0 aliphatic heterocycles. The van der Waals surface area contributed by atoms with Crippen LogP contribution in [-0.4, -0.2) is 30.3 Å². The van der Waals surface area contributed by atoms with Gasteiger partial charge in [-0.15, -0.1) is 0 Å². The van der Waals surface area contributed by atoms with Gasteiger partial charge in [0.25, 0.3) is 5.91 Å². The molecule has 0 radical (unpaired) electrons. The maximum Gasteiger partial charge on any atom is 0.258 e. The van der Waals surface area contributed by atoms with Gasteiger partial charge < -0.3 is 15.2 Å². The van der Waals surface area contributed by atoms with Crippen molar-refractivity contribution in [3.63, 3.8) is 0 Å². The molecule has 0 aromatic heterocycles. The summed E-state index contributed by atoms with van der Waals surface area (Å²) in [4.78, 5) is 11.5. The summed E-state index contributed by atoms with van der Waals surface area (Å²) in [6.45, 7) is 5.80. The predicted molar refractivity (Wildman–Crippen MR) is 75.5 cm³/mol. The normalized spacial score (nSPS) is 12.3. The Labute approximate surface area is 118 Å². The van der Waals surface area contributed by atoms with E-state index in [0.717, 1.165) is 5.56 Å². The zero-order valence-corrected chi connectivity index (χ0v) is 12.2. The van der Waals surface area contributed by atoms with Crippen molar-refractivity contribution in [2.45, 2.75) is 26.9 Å². The lowest BCUT2D eigenvalue weighted by atomic mass is 10.1. The minimum absolute atomic E-state index is 0.104. The lowest BCUT2D eigenvalue weighted by Gasteiger charge is -2.15. The van der Waals surface area contributed by atoms with Gasteiger partial charge >= 0.3 is 0 Å². The highest BCUT2D eigenvalue weighted by atomic mass is 35.5. The van der Waals surface area contributed by atoms with Crippen molar-refractivity contribution >= 4 is 17.5 Å². The molecular formula is C14H20ClNO3. The van der Waals surface area contributed by atoms with E-state index in [9.17, 15) is 9.90 Å². The van der Waals surface area contributed by atoms with E-state index in [0.29, 0.717) is 10.8 Å². The third-order valence-corrected chi connectivity index (χ3v) is 3.04. The highest BCUT2D eigenvalue weighted by molar-refractivity contribution is 6.32. The number of aliphatic hydroxyl groups excluding tert-OH is 1. The molecule has 1 rings (SSSR count). The molecule has 4 nitrogen and oxygen atoms in total. The van der Waals surface area contributed by atoms with Crippen molar-refractivity contribution in [1.29, 1.82) is 0 Å². The Balaban J connectivity index is 2.40. The SMILES string of the molecule is Cc1ccc(Cl)c(OCC(=O)NCC(O)C(C)C)c1. The van der Waals surface area contributed by atoms with E-state index in [-0.39, 0.29) is 25.0 Å². The molecule has 5 heteroatoms. The van der Waals surface area contributed by atoms with Gasteiger partial charge in [-0.3, -0.25) is 4.79 Å². The number of hydrogen-bond acceptors (Lipinski definition) is 3. The Morgan fingerprint density at radius 2 is 2.16 bits per heavy atom. The second-order valence-corrected chi connectivity index (χ2v) is 5.25. The summed E-state index contributed by atoms with van der Waals surface area (Å²) < 4.78 is 5.35. The van der Waals surface area contributed by atoms with Crippen LogP contribution in [0.1, 0.15) is 19.4 Å². The fourth-order valence-electron chi connectivity index (χ4n) is 1.37. The molecule has 106 valence electrons. The number of aryl methyl sites for hydroxylation is 1. The first kappa shape index (κ1) is 15.8. The standard InChI is InChI=1S/C14H20ClNO3/c1-9(2)12(17)7-16-14(18)8-19-13-6-10(3)4-5-11(13)15/h4-6,9,12,17H,7-8H2,1-3H3,(H,16,18). The largest absolute Gasteiger partial charge is 0.482 e. The van der Waals surface area contributed by atoms with Crippen LogP contribution in [0.2, 0.25) is 5.02 Å². The maximum absolute atomic E-state index is 11.5. The minimum atomic E-state index is -0.550. The van der Waals surface area contributed by atoms with Crippen LogP contribution in [0.25, 0.3) is 0 Å². The first-order valence-electron chi connectivity index (χ1n) is 6.24. The van der Waals surface area contributed by atoms with Gasteiger partial charge in [0.05, 0.1) is 11.1 Å². The predicted octanol–water partition coefficient (Wildman–Crippen LogP) is 2.16. The molecule has 1 aromatic rings. The van der Waals surface area contributed by atoms with Crippen LogP contribution in [0.3, 0.4) is 0 Å². The molecule has 1 atom stereocenters. The Hall–Kier alpha value is -1.26. The zero-order valence-electron chi connectivity index (χ0n) is 11.4. The lowest BCUT2D eigenvalue weighted by Crippen LogP contribution is -2.37. The average Bonchev–Trinajstić information content (AvgIpc) is 2.36. The summed E-state index contributed by atoms with van der Waals surface area (Å²) in [7, 11) is 0. The van der Waals surface area contributed by atoms with Gasteiger partial charge in [-0.05, 0) is 30.5 Å². The number of rotatable bonds is 6. The topological polar surface area (TPSA) is 58.6 Å². The molecule has 1 unspecified atom stereocenters. The molecule has 2 N–H and O–H groups in total. The summed E-state index contributed by atoms with van der Waals surface area (Å²) in [5, 5.41) is 12.6. The third kappa shape index (κ3) is 5.49. The minimum Gasteiger partial charge on any atom is -0.482 e. The Morgan fingerprint density at radius 1 is 1.47 bits per heavy atom. The van der Waals surface area contributed by atoms with Crippen molar-refractivity contribution in [1.82, 2.24) is 5.32 Å². The second-order valence-electron chi connectivity index (χ2n) is 4.84. The van der Waals surface area contributed by atoms with Gasteiger partial charge in [-0.1, -0.05) is 31.5 Å². The smallest absolute Gasteiger partial charge is 0.258 e. The van der Waals surface area contributed by atoms with Gasteiger partial charge in [0.1, 0.15) is 5.75 Å². The summed E-state index contributed by atoms with van der Waals surface area (Å²) in [6, 6.07) is 5.37. The van der Waals surface area contributed by atoms with Crippen LogP contribution in [-0.2, 0) is 4.79 Å². The molecule has 19 heavy (non-hydrogen) atoms. The van der Waals surface area contributed by atoms with Gasteiger partial charge in [0, 0.05) is 6.54 Å². The number of halogens is 1. The highest BCUT2D eigenvalue weighted by Crippen LogP contribution is 2.24. The monoisotopic (exact) mass is 285 g/mol. The quantitative estimate of drug-likeness (QED) is 0.842. The molecule has 0 aliphatic carbocycles. The van der Waals surface area contributed by atoms with E-state index in [2.05, 4.69) is 5.32 Å². The summed E-state index contributed by atoms with van der Waals surface area (Å²) in [5.74, 6) is 0.311. The molecule has 0 saturated carbocycles. The Morgan fingerprint density at radius 3 is 2.79 bits per heavy atom. The number of carbonyl (C=O) groups is 1. The molecular weight excluding hydrogens is 266 g/mol. The number of ether oxygens (including phenoxy) is 1. The van der Waals surface area contributed by atoms with E-state index >= 15 is 0 Å². The van der Waals surface area contributed by atoms with Crippen LogP contribution in [0, 0.1) is 12.8 Å². The number of amides is 1. The van der Waals surface area contributed by atoms with E-state index in [1.54, 1.807) is 12.1 Å². The van der Waals surface area contributed by atoms with Crippen LogP contribution in [0.15, 0.2) is 18.2 Å². The van der Waals surface area contributed by atoms with Crippen LogP contribution in [0.5, 0.6) is 5.75 Å².